The lowest BCUT2D eigenvalue weighted by molar-refractivity contribution is -0.166. The van der Waals surface area contributed by atoms with Crippen molar-refractivity contribution in [2.75, 3.05) is 35.0 Å². The number of fused-ring (bicyclic) bond motifs is 4. The maximum Gasteiger partial charge on any atom is 0.345 e. The molecule has 5 rings (SSSR count). The highest BCUT2D eigenvalue weighted by molar-refractivity contribution is 6.22. The van der Waals surface area contributed by atoms with Crippen molar-refractivity contribution in [3.63, 3.8) is 0 Å². The SMILES string of the molecule is CN/N=C1\c2ccc(C)cc2CC1(O)C(=O)OC.COC(=O)C12Cc3cc(C)ccc3C1=NN(C)CO2. The van der Waals surface area contributed by atoms with Gasteiger partial charge in [0.15, 0.2) is 0 Å². The van der Waals surface area contributed by atoms with E-state index >= 15 is 0 Å². The first-order valence-corrected chi connectivity index (χ1v) is 11.9. The molecule has 0 saturated carbocycles. The van der Waals surface area contributed by atoms with Crippen LogP contribution < -0.4 is 5.43 Å². The third kappa shape index (κ3) is 4.47. The summed E-state index contributed by atoms with van der Waals surface area (Å²) in [7, 11) is 6.08. The molecular weight excluding hydrogens is 476 g/mol. The molecule has 10 heteroatoms. The van der Waals surface area contributed by atoms with E-state index in [4.69, 9.17) is 9.47 Å². The molecule has 2 aliphatic carbocycles. The second kappa shape index (κ2) is 9.95. The Morgan fingerprint density at radius 3 is 2.22 bits per heavy atom. The molecule has 196 valence electrons. The second-order valence-electron chi connectivity index (χ2n) is 9.41. The van der Waals surface area contributed by atoms with Crippen LogP contribution in [0.3, 0.4) is 0 Å². The highest BCUT2D eigenvalue weighted by Crippen LogP contribution is 2.37. The van der Waals surface area contributed by atoms with E-state index in [1.54, 1.807) is 12.1 Å². The predicted octanol–water partition coefficient (Wildman–Crippen LogP) is 1.47. The lowest BCUT2D eigenvalue weighted by atomic mass is 9.98. The van der Waals surface area contributed by atoms with Gasteiger partial charge in [-0.1, -0.05) is 47.5 Å². The number of carbonyl (C=O) groups excluding carboxylic acids is 2. The van der Waals surface area contributed by atoms with E-state index in [9.17, 15) is 14.7 Å². The molecule has 2 N–H and O–H groups in total. The quantitative estimate of drug-likeness (QED) is 0.472. The van der Waals surface area contributed by atoms with Gasteiger partial charge in [-0.15, -0.1) is 0 Å². The van der Waals surface area contributed by atoms with Gasteiger partial charge in [0.05, 0.1) is 14.2 Å². The summed E-state index contributed by atoms with van der Waals surface area (Å²) >= 11 is 0. The van der Waals surface area contributed by atoms with Crippen molar-refractivity contribution in [3.8, 4) is 0 Å². The Morgan fingerprint density at radius 2 is 1.62 bits per heavy atom. The number of hydrogen-bond acceptors (Lipinski definition) is 10. The van der Waals surface area contributed by atoms with Crippen LogP contribution in [0.5, 0.6) is 0 Å². The minimum atomic E-state index is -1.70. The molecule has 1 heterocycles. The van der Waals surface area contributed by atoms with E-state index in [1.807, 2.05) is 51.2 Å². The van der Waals surface area contributed by atoms with Crippen LogP contribution >= 0.6 is 0 Å². The summed E-state index contributed by atoms with van der Waals surface area (Å²) in [5.74, 6) is -1.07. The highest BCUT2D eigenvalue weighted by atomic mass is 16.6. The van der Waals surface area contributed by atoms with E-state index in [-0.39, 0.29) is 19.1 Å². The number of hydrogen-bond donors (Lipinski definition) is 2. The Labute approximate surface area is 215 Å². The lowest BCUT2D eigenvalue weighted by Gasteiger charge is -2.33. The number of esters is 2. The number of methoxy groups -OCH3 is 2. The summed E-state index contributed by atoms with van der Waals surface area (Å²) in [5.41, 5.74) is 6.79. The van der Waals surface area contributed by atoms with Gasteiger partial charge in [-0.05, 0) is 25.0 Å². The molecule has 2 unspecified atom stereocenters. The van der Waals surface area contributed by atoms with Crippen molar-refractivity contribution in [3.05, 3.63) is 69.8 Å². The summed E-state index contributed by atoms with van der Waals surface area (Å²) in [6.45, 7) is 4.28. The van der Waals surface area contributed by atoms with Gasteiger partial charge < -0.3 is 24.7 Å². The van der Waals surface area contributed by atoms with E-state index < -0.39 is 17.2 Å². The zero-order chi connectivity index (χ0) is 27.0. The van der Waals surface area contributed by atoms with Crippen molar-refractivity contribution in [1.82, 2.24) is 10.4 Å². The third-order valence-corrected chi connectivity index (χ3v) is 6.72. The minimum Gasteiger partial charge on any atom is -0.467 e. The number of aliphatic hydroxyl groups is 1. The van der Waals surface area contributed by atoms with Crippen molar-refractivity contribution in [2.45, 2.75) is 37.9 Å². The second-order valence-corrected chi connectivity index (χ2v) is 9.41. The molecule has 2 atom stereocenters. The largest absolute Gasteiger partial charge is 0.467 e. The van der Waals surface area contributed by atoms with Crippen LogP contribution in [0.25, 0.3) is 0 Å². The first-order valence-electron chi connectivity index (χ1n) is 11.9. The van der Waals surface area contributed by atoms with Gasteiger partial charge in [0.1, 0.15) is 18.2 Å². The molecule has 3 aliphatic rings. The molecule has 0 radical (unpaired) electrons. The molecule has 2 aromatic carbocycles. The van der Waals surface area contributed by atoms with Crippen LogP contribution in [0.4, 0.5) is 0 Å². The van der Waals surface area contributed by atoms with Crippen LogP contribution in [0, 0.1) is 13.8 Å². The first-order chi connectivity index (χ1) is 17.6. The number of hydrazone groups is 2. The smallest absolute Gasteiger partial charge is 0.345 e. The van der Waals surface area contributed by atoms with Gasteiger partial charge in [-0.2, -0.15) is 10.2 Å². The van der Waals surface area contributed by atoms with Gasteiger partial charge in [0.2, 0.25) is 11.2 Å². The normalized spacial score (nSPS) is 24.2. The molecule has 1 aliphatic heterocycles. The fourth-order valence-corrected chi connectivity index (χ4v) is 5.00. The predicted molar refractivity (Wildman–Crippen MR) is 137 cm³/mol. The fraction of sp³-hybridized carbons (Fsp3) is 0.407. The molecule has 0 saturated heterocycles. The summed E-state index contributed by atoms with van der Waals surface area (Å²) < 4.78 is 15.4. The van der Waals surface area contributed by atoms with E-state index in [0.717, 1.165) is 33.4 Å². The zero-order valence-electron chi connectivity index (χ0n) is 21.9. The number of carbonyl (C=O) groups is 2. The Kier molecular flexibility index (Phi) is 7.07. The number of rotatable bonds is 3. The molecule has 10 nitrogen and oxygen atoms in total. The highest BCUT2D eigenvalue weighted by Gasteiger charge is 2.54. The number of benzene rings is 2. The molecule has 37 heavy (non-hydrogen) atoms. The van der Waals surface area contributed by atoms with Gasteiger partial charge in [0.25, 0.3) is 0 Å². The fourth-order valence-electron chi connectivity index (χ4n) is 5.00. The summed E-state index contributed by atoms with van der Waals surface area (Å²) in [4.78, 5) is 24.0. The summed E-state index contributed by atoms with van der Waals surface area (Å²) in [6.07, 6.45) is 0.681. The van der Waals surface area contributed by atoms with Crippen LogP contribution in [0.2, 0.25) is 0 Å². The Bertz CT molecular complexity index is 1310. The Morgan fingerprint density at radius 1 is 1.03 bits per heavy atom. The van der Waals surface area contributed by atoms with Crippen molar-refractivity contribution in [2.24, 2.45) is 10.2 Å². The topological polar surface area (TPSA) is 122 Å². The summed E-state index contributed by atoms with van der Waals surface area (Å²) in [5, 5.41) is 20.7. The number of nitrogens with one attached hydrogen (secondary N) is 1. The van der Waals surface area contributed by atoms with Gasteiger partial charge in [-0.25, -0.2) is 9.59 Å². The number of nitrogens with zero attached hydrogens (tertiary/aromatic N) is 3. The lowest BCUT2D eigenvalue weighted by Crippen LogP contribution is -2.53. The molecule has 0 aromatic heterocycles. The van der Waals surface area contributed by atoms with Crippen molar-refractivity contribution in [1.29, 1.82) is 0 Å². The molecule has 0 amide bonds. The van der Waals surface area contributed by atoms with Crippen LogP contribution in [0.1, 0.15) is 33.4 Å². The molecular formula is C27H32N4O6. The summed E-state index contributed by atoms with van der Waals surface area (Å²) in [6, 6.07) is 11.8. The maximum atomic E-state index is 12.2. The molecule has 0 spiro atoms. The van der Waals surface area contributed by atoms with Gasteiger partial charge in [-0.3, -0.25) is 5.01 Å². The van der Waals surface area contributed by atoms with Crippen LogP contribution in [-0.2, 0) is 36.6 Å². The van der Waals surface area contributed by atoms with Gasteiger partial charge >= 0.3 is 11.9 Å². The van der Waals surface area contributed by atoms with Gasteiger partial charge in [0, 0.05) is 38.1 Å². The average molecular weight is 509 g/mol. The Balaban J connectivity index is 0.000000173. The zero-order valence-corrected chi connectivity index (χ0v) is 21.9. The minimum absolute atomic E-state index is 0.192. The van der Waals surface area contributed by atoms with E-state index in [2.05, 4.69) is 26.4 Å². The monoisotopic (exact) mass is 508 g/mol. The van der Waals surface area contributed by atoms with Crippen molar-refractivity contribution >= 4 is 23.4 Å². The maximum absolute atomic E-state index is 12.2. The van der Waals surface area contributed by atoms with Crippen LogP contribution in [-0.4, -0.2) is 79.7 Å². The first kappa shape index (κ1) is 26.3. The van der Waals surface area contributed by atoms with Crippen LogP contribution in [0.15, 0.2) is 46.6 Å². The van der Waals surface area contributed by atoms with E-state index in [1.165, 1.54) is 14.2 Å². The molecule has 0 fully saturated rings. The van der Waals surface area contributed by atoms with E-state index in [0.29, 0.717) is 17.8 Å². The van der Waals surface area contributed by atoms with Crippen molar-refractivity contribution < 1.29 is 28.9 Å². The number of ether oxygens (including phenoxy) is 3. The molecule has 0 bridgehead atoms. The average Bonchev–Trinajstić information content (AvgIpc) is 3.35. The number of aryl methyl sites for hydroxylation is 2. The molecule has 2 aromatic rings. The Hall–Kier alpha value is -3.76. The third-order valence-electron chi connectivity index (χ3n) is 6.72. The standard InChI is InChI=1S/C14H16N2O3.C13H16N2O3/c1-9-4-5-11-10(6-9)7-14(13(17)18-3)12(11)15-16(2)8-19-14;1-8-4-5-10-9(6-8)7-13(17,12(16)18-3)11(10)15-14-2/h4-6H,7-8H2,1-3H3;4-6,14,17H,7H2,1-3H3/b;15-11+.